The number of hydrogen-bond acceptors (Lipinski definition) is 6. The first kappa shape index (κ1) is 25.2. The number of halogens is 3. The van der Waals surface area contributed by atoms with Crippen molar-refractivity contribution in [3.63, 3.8) is 0 Å². The van der Waals surface area contributed by atoms with Gasteiger partial charge in [-0.1, -0.05) is 0 Å². The van der Waals surface area contributed by atoms with E-state index in [-0.39, 0.29) is 23.2 Å². The van der Waals surface area contributed by atoms with E-state index in [1.165, 1.54) is 12.4 Å². The largest absolute Gasteiger partial charge is 0.424 e. The fourth-order valence-electron chi connectivity index (χ4n) is 4.18. The van der Waals surface area contributed by atoms with Crippen LogP contribution in [-0.4, -0.2) is 57.4 Å². The highest BCUT2D eigenvalue weighted by Gasteiger charge is 2.30. The third-order valence-electron chi connectivity index (χ3n) is 6.21. The van der Waals surface area contributed by atoms with Crippen LogP contribution in [0, 0.1) is 0 Å². The average Bonchev–Trinajstić information content (AvgIpc) is 3.25. The number of alkyl halides is 3. The van der Waals surface area contributed by atoms with Gasteiger partial charge in [0.1, 0.15) is 11.4 Å². The summed E-state index contributed by atoms with van der Waals surface area (Å²) in [6, 6.07) is 11.1. The van der Waals surface area contributed by atoms with Gasteiger partial charge in [0.2, 0.25) is 0 Å². The maximum Gasteiger partial charge on any atom is 0.416 e. The van der Waals surface area contributed by atoms with Crippen LogP contribution in [-0.2, 0) is 13.2 Å². The first-order chi connectivity index (χ1) is 18.2. The molecule has 0 radical (unpaired) electrons. The summed E-state index contributed by atoms with van der Waals surface area (Å²) in [7, 11) is 1.85. The van der Waals surface area contributed by atoms with Gasteiger partial charge in [0.15, 0.2) is 0 Å². The Labute approximate surface area is 215 Å². The van der Waals surface area contributed by atoms with Gasteiger partial charge >= 0.3 is 12.2 Å². The molecule has 0 saturated carbocycles. The molecule has 3 heterocycles. The van der Waals surface area contributed by atoms with Crippen LogP contribution >= 0.6 is 0 Å². The predicted molar refractivity (Wildman–Crippen MR) is 133 cm³/mol. The first-order valence-corrected chi connectivity index (χ1v) is 11.8. The summed E-state index contributed by atoms with van der Waals surface area (Å²) >= 11 is 0. The maximum atomic E-state index is 13.0. The molecule has 2 aromatic carbocycles. The van der Waals surface area contributed by atoms with Crippen LogP contribution in [0.15, 0.2) is 60.9 Å². The Morgan fingerprint density at radius 3 is 2.34 bits per heavy atom. The van der Waals surface area contributed by atoms with Crippen LogP contribution in [0.2, 0.25) is 0 Å². The third-order valence-corrected chi connectivity index (χ3v) is 6.21. The number of piperazine rings is 1. The first-order valence-electron chi connectivity index (χ1n) is 11.8. The molecule has 9 nitrogen and oxygen atoms in total. The zero-order valence-electron chi connectivity index (χ0n) is 20.2. The number of anilines is 1. The van der Waals surface area contributed by atoms with Crippen molar-refractivity contribution in [1.82, 2.24) is 24.8 Å². The molecular weight excluding hydrogens is 501 g/mol. The van der Waals surface area contributed by atoms with Crippen LogP contribution in [0.25, 0.3) is 10.9 Å². The minimum Gasteiger partial charge on any atom is -0.424 e. The van der Waals surface area contributed by atoms with E-state index in [1.54, 1.807) is 12.1 Å². The molecule has 12 heteroatoms. The van der Waals surface area contributed by atoms with Gasteiger partial charge in [-0.15, -0.1) is 0 Å². The van der Waals surface area contributed by atoms with Crippen molar-refractivity contribution in [1.29, 1.82) is 0 Å². The zero-order valence-corrected chi connectivity index (χ0v) is 20.2. The SMILES string of the molecule is Cn1c(C(=O)N2CCNCC2)cc2cc(Oc3ncc(NC(=O)c4ccc(C(F)(F)F)cc4)cn3)ccc21. The lowest BCUT2D eigenvalue weighted by molar-refractivity contribution is -0.137. The van der Waals surface area contributed by atoms with E-state index in [0.29, 0.717) is 24.5 Å². The molecule has 0 bridgehead atoms. The lowest BCUT2D eigenvalue weighted by Crippen LogP contribution is -2.46. The Balaban J connectivity index is 1.25. The van der Waals surface area contributed by atoms with Crippen molar-refractivity contribution in [3.05, 3.63) is 77.7 Å². The Bertz CT molecular complexity index is 1480. The van der Waals surface area contributed by atoms with E-state index >= 15 is 0 Å². The van der Waals surface area contributed by atoms with E-state index in [2.05, 4.69) is 20.6 Å². The molecule has 4 aromatic rings. The topological polar surface area (TPSA) is 101 Å². The second-order valence-electron chi connectivity index (χ2n) is 8.74. The van der Waals surface area contributed by atoms with Gasteiger partial charge in [-0.25, -0.2) is 9.97 Å². The Morgan fingerprint density at radius 2 is 1.68 bits per heavy atom. The number of fused-ring (bicyclic) bond motifs is 1. The van der Waals surface area contributed by atoms with Crippen molar-refractivity contribution in [3.8, 4) is 11.8 Å². The number of carbonyl (C=O) groups is 2. The highest BCUT2D eigenvalue weighted by molar-refractivity contribution is 6.04. The fourth-order valence-corrected chi connectivity index (χ4v) is 4.18. The summed E-state index contributed by atoms with van der Waals surface area (Å²) in [6.07, 6.45) is -1.82. The normalized spacial score (nSPS) is 13.9. The van der Waals surface area contributed by atoms with Crippen molar-refractivity contribution in [2.45, 2.75) is 6.18 Å². The second-order valence-corrected chi connectivity index (χ2v) is 8.74. The molecule has 2 aromatic heterocycles. The van der Waals surface area contributed by atoms with E-state index in [1.807, 2.05) is 28.6 Å². The van der Waals surface area contributed by atoms with Gasteiger partial charge in [0, 0.05) is 49.7 Å². The van der Waals surface area contributed by atoms with E-state index in [4.69, 9.17) is 4.74 Å². The fraction of sp³-hybridized carbons (Fsp3) is 0.231. The van der Waals surface area contributed by atoms with Gasteiger partial charge in [0.05, 0.1) is 23.6 Å². The Morgan fingerprint density at radius 1 is 1.00 bits per heavy atom. The van der Waals surface area contributed by atoms with Crippen molar-refractivity contribution < 1.29 is 27.5 Å². The quantitative estimate of drug-likeness (QED) is 0.408. The molecule has 2 amide bonds. The number of nitrogens with one attached hydrogen (secondary N) is 2. The molecule has 0 unspecified atom stereocenters. The summed E-state index contributed by atoms with van der Waals surface area (Å²) in [6.45, 7) is 2.86. The molecule has 1 fully saturated rings. The van der Waals surface area contributed by atoms with E-state index in [0.717, 1.165) is 48.3 Å². The highest BCUT2D eigenvalue weighted by Crippen LogP contribution is 2.29. The number of ether oxygens (including phenoxy) is 1. The molecule has 196 valence electrons. The van der Waals surface area contributed by atoms with Gasteiger partial charge in [-0.05, 0) is 48.5 Å². The number of aryl methyl sites for hydroxylation is 1. The van der Waals surface area contributed by atoms with Gasteiger partial charge in [-0.3, -0.25) is 9.59 Å². The molecule has 1 aliphatic rings. The number of aromatic nitrogens is 3. The summed E-state index contributed by atoms with van der Waals surface area (Å²) in [5.41, 5.74) is 0.928. The van der Waals surface area contributed by atoms with Crippen LogP contribution in [0.5, 0.6) is 11.8 Å². The van der Waals surface area contributed by atoms with Crippen molar-refractivity contribution >= 4 is 28.4 Å². The van der Waals surface area contributed by atoms with E-state index < -0.39 is 17.6 Å². The minimum atomic E-state index is -4.48. The number of carbonyl (C=O) groups excluding carboxylic acids is 2. The molecular formula is C26H23F3N6O3. The molecule has 0 atom stereocenters. The van der Waals surface area contributed by atoms with Crippen molar-refractivity contribution in [2.75, 3.05) is 31.5 Å². The van der Waals surface area contributed by atoms with Crippen LogP contribution in [0.3, 0.4) is 0 Å². The predicted octanol–water partition coefficient (Wildman–Crippen LogP) is 4.08. The monoisotopic (exact) mass is 524 g/mol. The van der Waals surface area contributed by atoms with Gasteiger partial charge < -0.3 is 24.8 Å². The van der Waals surface area contributed by atoms with Gasteiger partial charge in [0.25, 0.3) is 11.8 Å². The summed E-state index contributed by atoms with van der Waals surface area (Å²) in [5.74, 6) is -0.160. The standard InChI is InChI=1S/C26H23F3N6O3/c1-34-21-7-6-20(12-17(21)13-22(34)24(37)35-10-8-30-9-11-35)38-25-31-14-19(15-32-25)33-23(36)16-2-4-18(5-3-16)26(27,28)29/h2-7,12-15,30H,8-11H2,1H3,(H,33,36). The molecule has 0 spiro atoms. The number of nitrogens with zero attached hydrogens (tertiary/aromatic N) is 4. The molecule has 0 aliphatic carbocycles. The van der Waals surface area contributed by atoms with E-state index in [9.17, 15) is 22.8 Å². The van der Waals surface area contributed by atoms with Crippen LogP contribution < -0.4 is 15.4 Å². The second kappa shape index (κ2) is 10.1. The molecule has 38 heavy (non-hydrogen) atoms. The highest BCUT2D eigenvalue weighted by atomic mass is 19.4. The number of rotatable bonds is 5. The lowest BCUT2D eigenvalue weighted by Gasteiger charge is -2.27. The lowest BCUT2D eigenvalue weighted by atomic mass is 10.1. The average molecular weight is 525 g/mol. The Kier molecular flexibility index (Phi) is 6.72. The van der Waals surface area contributed by atoms with Crippen molar-refractivity contribution in [2.24, 2.45) is 7.05 Å². The van der Waals surface area contributed by atoms with Crippen LogP contribution in [0.1, 0.15) is 26.4 Å². The summed E-state index contributed by atoms with van der Waals surface area (Å²) < 4.78 is 45.7. The zero-order chi connectivity index (χ0) is 26.9. The van der Waals surface area contributed by atoms with Gasteiger partial charge in [-0.2, -0.15) is 13.2 Å². The third kappa shape index (κ3) is 5.30. The summed E-state index contributed by atoms with van der Waals surface area (Å²) in [4.78, 5) is 35.3. The molecule has 2 N–H and O–H groups in total. The maximum absolute atomic E-state index is 13.0. The number of amides is 2. The Hall–Kier alpha value is -4.45. The minimum absolute atomic E-state index is 0.0232. The number of benzene rings is 2. The molecule has 1 saturated heterocycles. The van der Waals surface area contributed by atoms with Crippen LogP contribution in [0.4, 0.5) is 18.9 Å². The summed E-state index contributed by atoms with van der Waals surface area (Å²) in [5, 5.41) is 6.59. The smallest absolute Gasteiger partial charge is 0.416 e. The molecule has 5 rings (SSSR count). The molecule has 1 aliphatic heterocycles. The number of hydrogen-bond donors (Lipinski definition) is 2.